The van der Waals surface area contributed by atoms with Gasteiger partial charge in [0, 0.05) is 6.42 Å². The van der Waals surface area contributed by atoms with Crippen molar-refractivity contribution in [2.45, 2.75) is 19.4 Å². The molecule has 1 atom stereocenters. The average molecular weight is 184 g/mol. The van der Waals surface area contributed by atoms with Crippen LogP contribution >= 0.6 is 0 Å². The Bertz CT molecular complexity index is 184. The molecule has 0 aromatic rings. The fraction of sp³-hybridized carbons (Fsp3) is 0.429. The minimum Gasteiger partial charge on any atom is -0.464 e. The van der Waals surface area contributed by atoms with Crippen LogP contribution in [-0.2, 0) is 4.74 Å². The van der Waals surface area contributed by atoms with Gasteiger partial charge in [-0.3, -0.25) is 0 Å². The van der Waals surface area contributed by atoms with Gasteiger partial charge in [0.1, 0.15) is 6.10 Å². The smallest absolute Gasteiger partial charge is 0.342 e. The fourth-order valence-corrected chi connectivity index (χ4v) is 0.512. The minimum absolute atomic E-state index is 0.0389. The predicted molar refractivity (Wildman–Crippen MR) is 35.8 cm³/mol. The third-order valence-corrected chi connectivity index (χ3v) is 1.01. The van der Waals surface area contributed by atoms with Gasteiger partial charge in [0.15, 0.2) is 0 Å². The van der Waals surface area contributed by atoms with E-state index in [0.717, 1.165) is 6.08 Å². The molecule has 0 spiro atoms. The SMILES string of the molecule is CC(C/C=C/F)OC(F)=C(F)F. The van der Waals surface area contributed by atoms with Crippen LogP contribution < -0.4 is 0 Å². The molecule has 5 heteroatoms. The van der Waals surface area contributed by atoms with Crippen LogP contribution in [0.25, 0.3) is 0 Å². The van der Waals surface area contributed by atoms with Crippen molar-refractivity contribution in [3.05, 3.63) is 24.5 Å². The first-order valence-corrected chi connectivity index (χ1v) is 3.20. The van der Waals surface area contributed by atoms with E-state index >= 15 is 0 Å². The molecule has 1 unspecified atom stereocenters. The van der Waals surface area contributed by atoms with E-state index in [2.05, 4.69) is 4.74 Å². The second-order valence-corrected chi connectivity index (χ2v) is 2.06. The maximum atomic E-state index is 12.0. The van der Waals surface area contributed by atoms with Crippen molar-refractivity contribution in [3.63, 3.8) is 0 Å². The van der Waals surface area contributed by atoms with Crippen LogP contribution in [0.1, 0.15) is 13.3 Å². The lowest BCUT2D eigenvalue weighted by atomic mass is 10.3. The van der Waals surface area contributed by atoms with E-state index in [0.29, 0.717) is 0 Å². The van der Waals surface area contributed by atoms with Crippen LogP contribution in [0, 0.1) is 0 Å². The van der Waals surface area contributed by atoms with E-state index in [4.69, 9.17) is 0 Å². The lowest BCUT2D eigenvalue weighted by molar-refractivity contribution is 0.0648. The van der Waals surface area contributed by atoms with Gasteiger partial charge in [-0.1, -0.05) is 6.08 Å². The molecule has 70 valence electrons. The normalized spacial score (nSPS) is 13.1. The molecule has 0 saturated heterocycles. The van der Waals surface area contributed by atoms with Crippen LogP contribution in [-0.4, -0.2) is 6.10 Å². The highest BCUT2D eigenvalue weighted by Gasteiger charge is 2.09. The largest absolute Gasteiger partial charge is 0.464 e. The van der Waals surface area contributed by atoms with Crippen LogP contribution in [0.4, 0.5) is 17.6 Å². The molecule has 0 fully saturated rings. The van der Waals surface area contributed by atoms with E-state index < -0.39 is 18.2 Å². The summed E-state index contributed by atoms with van der Waals surface area (Å²) in [6.45, 7) is 1.35. The molecular weight excluding hydrogens is 176 g/mol. The second-order valence-electron chi connectivity index (χ2n) is 2.06. The summed E-state index contributed by atoms with van der Waals surface area (Å²) >= 11 is 0. The molecule has 0 heterocycles. The molecule has 1 nitrogen and oxygen atoms in total. The molecule has 0 amide bonds. The third-order valence-electron chi connectivity index (χ3n) is 1.01. The van der Waals surface area contributed by atoms with Gasteiger partial charge in [-0.05, 0) is 6.92 Å². The summed E-state index contributed by atoms with van der Waals surface area (Å²) in [6.07, 6.45) is -1.98. The van der Waals surface area contributed by atoms with E-state index in [-0.39, 0.29) is 12.8 Å². The van der Waals surface area contributed by atoms with Gasteiger partial charge in [0.2, 0.25) is 0 Å². The van der Waals surface area contributed by atoms with Crippen molar-refractivity contribution >= 4 is 0 Å². The van der Waals surface area contributed by atoms with Crippen molar-refractivity contribution in [2.24, 2.45) is 0 Å². The van der Waals surface area contributed by atoms with Crippen molar-refractivity contribution in [2.75, 3.05) is 0 Å². The van der Waals surface area contributed by atoms with E-state index in [1.54, 1.807) is 0 Å². The zero-order valence-electron chi connectivity index (χ0n) is 6.36. The van der Waals surface area contributed by atoms with Crippen molar-refractivity contribution in [1.82, 2.24) is 0 Å². The van der Waals surface area contributed by atoms with Crippen LogP contribution in [0.2, 0.25) is 0 Å². The summed E-state index contributed by atoms with van der Waals surface area (Å²) in [5.41, 5.74) is 0. The summed E-state index contributed by atoms with van der Waals surface area (Å²) < 4.78 is 50.2. The van der Waals surface area contributed by atoms with Crippen LogP contribution in [0.15, 0.2) is 24.5 Å². The standard InChI is InChI=1S/C7H8F4O/c1-5(3-2-4-8)12-7(11)6(9)10/h2,4-5H,3H2,1H3/b4-2+. The topological polar surface area (TPSA) is 9.23 Å². The van der Waals surface area contributed by atoms with Gasteiger partial charge in [-0.25, -0.2) is 4.39 Å². The molecule has 0 rings (SSSR count). The van der Waals surface area contributed by atoms with Crippen LogP contribution in [0.3, 0.4) is 0 Å². The van der Waals surface area contributed by atoms with Crippen molar-refractivity contribution in [3.8, 4) is 0 Å². The first kappa shape index (κ1) is 11.0. The predicted octanol–water partition coefficient (Wildman–Crippen LogP) is 3.30. The Morgan fingerprint density at radius 2 is 2.00 bits per heavy atom. The summed E-state index contributed by atoms with van der Waals surface area (Å²) in [5.74, 6) is 0. The quantitative estimate of drug-likeness (QED) is 0.481. The second kappa shape index (κ2) is 5.62. The van der Waals surface area contributed by atoms with Crippen molar-refractivity contribution < 1.29 is 22.3 Å². The van der Waals surface area contributed by atoms with E-state index in [9.17, 15) is 17.6 Å². The van der Waals surface area contributed by atoms with Gasteiger partial charge >= 0.3 is 12.1 Å². The number of rotatable bonds is 4. The van der Waals surface area contributed by atoms with Crippen LogP contribution in [0.5, 0.6) is 0 Å². The number of hydrogen-bond acceptors (Lipinski definition) is 1. The van der Waals surface area contributed by atoms with Gasteiger partial charge in [-0.2, -0.15) is 13.2 Å². The average Bonchev–Trinajstić information content (AvgIpc) is 2.00. The molecule has 0 saturated carbocycles. The third kappa shape index (κ3) is 4.76. The summed E-state index contributed by atoms with van der Waals surface area (Å²) in [4.78, 5) is 0. The lowest BCUT2D eigenvalue weighted by Gasteiger charge is -2.08. The highest BCUT2D eigenvalue weighted by Crippen LogP contribution is 2.14. The molecule has 12 heavy (non-hydrogen) atoms. The maximum Gasteiger partial charge on any atom is 0.342 e. The molecule has 0 aliphatic heterocycles. The summed E-state index contributed by atoms with van der Waals surface area (Å²) in [6, 6.07) is -1.91. The lowest BCUT2D eigenvalue weighted by Crippen LogP contribution is -2.04. The van der Waals surface area contributed by atoms with E-state index in [1.165, 1.54) is 6.92 Å². The minimum atomic E-state index is -2.51. The number of halogens is 4. The Balaban J connectivity index is 3.84. The molecule has 0 N–H and O–H groups in total. The molecule has 0 radical (unpaired) electrons. The zero-order chi connectivity index (χ0) is 9.56. The first-order chi connectivity index (χ1) is 5.57. The van der Waals surface area contributed by atoms with Gasteiger partial charge in [-0.15, -0.1) is 0 Å². The van der Waals surface area contributed by atoms with Gasteiger partial charge < -0.3 is 4.74 Å². The Hall–Kier alpha value is -1.00. The zero-order valence-corrected chi connectivity index (χ0v) is 6.36. The highest BCUT2D eigenvalue weighted by molar-refractivity contribution is 4.83. The Morgan fingerprint density at radius 3 is 2.42 bits per heavy atom. The Labute approximate surface area is 67.3 Å². The van der Waals surface area contributed by atoms with Gasteiger partial charge in [0.05, 0.1) is 6.33 Å². The molecule has 0 aromatic heterocycles. The number of hydrogen-bond donors (Lipinski definition) is 0. The molecular formula is C7H8F4O. The summed E-state index contributed by atoms with van der Waals surface area (Å²) in [5, 5.41) is 0. The monoisotopic (exact) mass is 184 g/mol. The molecule has 0 aromatic carbocycles. The first-order valence-electron chi connectivity index (χ1n) is 3.20. The fourth-order valence-electron chi connectivity index (χ4n) is 0.512. The highest BCUT2D eigenvalue weighted by atomic mass is 19.3. The van der Waals surface area contributed by atoms with E-state index in [1.807, 2.05) is 0 Å². The number of ether oxygens (including phenoxy) is 1. The van der Waals surface area contributed by atoms with Gasteiger partial charge in [0.25, 0.3) is 0 Å². The Kier molecular flexibility index (Phi) is 5.16. The molecule has 0 aliphatic rings. The molecule has 0 bridgehead atoms. The maximum absolute atomic E-state index is 12.0. The Morgan fingerprint density at radius 1 is 1.42 bits per heavy atom. The summed E-state index contributed by atoms with van der Waals surface area (Å²) in [7, 11) is 0. The van der Waals surface area contributed by atoms with Crippen molar-refractivity contribution in [1.29, 1.82) is 0 Å². The molecule has 0 aliphatic carbocycles.